The van der Waals surface area contributed by atoms with Gasteiger partial charge in [0.15, 0.2) is 0 Å². The minimum absolute atomic E-state index is 0.0621. The summed E-state index contributed by atoms with van der Waals surface area (Å²) in [5.74, 6) is -0.978. The highest BCUT2D eigenvalue weighted by Crippen LogP contribution is 2.19. The second-order valence-corrected chi connectivity index (χ2v) is 7.70. The van der Waals surface area contributed by atoms with E-state index in [1.54, 1.807) is 48.5 Å². The van der Waals surface area contributed by atoms with Gasteiger partial charge >= 0.3 is 5.97 Å². The summed E-state index contributed by atoms with van der Waals surface area (Å²) in [6.07, 6.45) is 0. The molecular weight excluding hydrogens is 392 g/mol. The first-order valence-electron chi connectivity index (χ1n) is 8.57. The molecule has 2 N–H and O–H groups in total. The number of para-hydroxylation sites is 1. The van der Waals surface area contributed by atoms with Crippen molar-refractivity contribution in [2.24, 2.45) is 0 Å². The molecule has 0 atom stereocenters. The van der Waals surface area contributed by atoms with Gasteiger partial charge in [0, 0.05) is 16.9 Å². The summed E-state index contributed by atoms with van der Waals surface area (Å²) >= 11 is 0. The Labute approximate surface area is 168 Å². The molecule has 0 aliphatic carbocycles. The van der Waals surface area contributed by atoms with E-state index in [-0.39, 0.29) is 16.0 Å². The Morgan fingerprint density at radius 1 is 0.793 bits per heavy atom. The summed E-state index contributed by atoms with van der Waals surface area (Å²) in [5.41, 5.74) is 1.40. The Kier molecular flexibility index (Phi) is 5.94. The Bertz CT molecular complexity index is 1130. The highest BCUT2D eigenvalue weighted by Gasteiger charge is 2.15. The molecule has 1 amide bonds. The van der Waals surface area contributed by atoms with Crippen molar-refractivity contribution in [3.63, 3.8) is 0 Å². The van der Waals surface area contributed by atoms with Crippen molar-refractivity contribution < 1.29 is 22.7 Å². The molecule has 0 aromatic heterocycles. The van der Waals surface area contributed by atoms with E-state index in [2.05, 4.69) is 14.8 Å². The number of carbonyl (C=O) groups excluding carboxylic acids is 2. The lowest BCUT2D eigenvalue weighted by Crippen LogP contribution is -2.14. The minimum Gasteiger partial charge on any atom is -0.465 e. The number of hydrogen-bond donors (Lipinski definition) is 2. The third-order valence-corrected chi connectivity index (χ3v) is 5.39. The second-order valence-electron chi connectivity index (χ2n) is 6.02. The lowest BCUT2D eigenvalue weighted by molar-refractivity contribution is 0.0600. The van der Waals surface area contributed by atoms with Crippen LogP contribution in [0.25, 0.3) is 0 Å². The van der Waals surface area contributed by atoms with Crippen molar-refractivity contribution in [1.82, 2.24) is 0 Å². The zero-order valence-corrected chi connectivity index (χ0v) is 16.3. The van der Waals surface area contributed by atoms with Crippen LogP contribution >= 0.6 is 0 Å². The highest BCUT2D eigenvalue weighted by molar-refractivity contribution is 7.92. The topological polar surface area (TPSA) is 102 Å². The molecule has 0 bridgehead atoms. The lowest BCUT2D eigenvalue weighted by Gasteiger charge is -2.10. The van der Waals surface area contributed by atoms with Crippen LogP contribution < -0.4 is 10.0 Å². The molecule has 0 unspecified atom stereocenters. The van der Waals surface area contributed by atoms with Gasteiger partial charge in [0.05, 0.1) is 17.6 Å². The molecule has 3 rings (SSSR count). The van der Waals surface area contributed by atoms with Gasteiger partial charge in [-0.2, -0.15) is 0 Å². The Balaban J connectivity index is 1.72. The van der Waals surface area contributed by atoms with Crippen LogP contribution in [-0.4, -0.2) is 27.4 Å². The molecule has 0 fully saturated rings. The maximum atomic E-state index is 12.4. The van der Waals surface area contributed by atoms with Gasteiger partial charge in [-0.05, 0) is 54.6 Å². The molecule has 148 valence electrons. The number of benzene rings is 3. The highest BCUT2D eigenvalue weighted by atomic mass is 32.2. The molecular formula is C21H18N2O5S. The maximum absolute atomic E-state index is 12.4. The van der Waals surface area contributed by atoms with Crippen molar-refractivity contribution in [3.05, 3.63) is 90.0 Å². The summed E-state index contributed by atoms with van der Waals surface area (Å²) in [6.45, 7) is 0. The summed E-state index contributed by atoms with van der Waals surface area (Å²) in [7, 11) is -2.48. The van der Waals surface area contributed by atoms with Crippen LogP contribution in [0.1, 0.15) is 20.7 Å². The fourth-order valence-corrected chi connectivity index (χ4v) is 3.60. The molecule has 0 aliphatic heterocycles. The van der Waals surface area contributed by atoms with Crippen LogP contribution in [0.5, 0.6) is 0 Å². The predicted molar refractivity (Wildman–Crippen MR) is 109 cm³/mol. The Morgan fingerprint density at radius 3 is 2.10 bits per heavy atom. The van der Waals surface area contributed by atoms with Crippen molar-refractivity contribution >= 4 is 33.3 Å². The minimum atomic E-state index is -3.74. The second kappa shape index (κ2) is 8.57. The number of rotatable bonds is 6. The van der Waals surface area contributed by atoms with Gasteiger partial charge in [0.2, 0.25) is 0 Å². The zero-order chi connectivity index (χ0) is 20.9. The van der Waals surface area contributed by atoms with E-state index >= 15 is 0 Å². The first kappa shape index (κ1) is 20.1. The van der Waals surface area contributed by atoms with E-state index in [1.165, 1.54) is 37.4 Å². The van der Waals surface area contributed by atoms with Gasteiger partial charge in [0.25, 0.3) is 15.9 Å². The van der Waals surface area contributed by atoms with Crippen molar-refractivity contribution in [1.29, 1.82) is 0 Å². The van der Waals surface area contributed by atoms with Crippen LogP contribution in [0.4, 0.5) is 11.4 Å². The quantitative estimate of drug-likeness (QED) is 0.606. The molecule has 0 heterocycles. The molecule has 7 nitrogen and oxygen atoms in total. The van der Waals surface area contributed by atoms with Crippen LogP contribution in [0.2, 0.25) is 0 Å². The monoisotopic (exact) mass is 410 g/mol. The van der Waals surface area contributed by atoms with Crippen molar-refractivity contribution in [3.8, 4) is 0 Å². The SMILES string of the molecule is COC(=O)c1cccc(C(=O)Nc2ccc(S(=O)(=O)Nc3ccccc3)cc2)c1. The summed E-state index contributed by atoms with van der Waals surface area (Å²) in [4.78, 5) is 24.1. The summed E-state index contributed by atoms with van der Waals surface area (Å²) in [6, 6.07) is 20.4. The van der Waals surface area contributed by atoms with Crippen LogP contribution in [-0.2, 0) is 14.8 Å². The first-order chi connectivity index (χ1) is 13.9. The number of hydrogen-bond acceptors (Lipinski definition) is 5. The smallest absolute Gasteiger partial charge is 0.337 e. The van der Waals surface area contributed by atoms with Crippen LogP contribution in [0, 0.1) is 0 Å². The summed E-state index contributed by atoms with van der Waals surface area (Å²) < 4.78 is 32.0. The van der Waals surface area contributed by atoms with Crippen molar-refractivity contribution in [2.45, 2.75) is 4.90 Å². The van der Waals surface area contributed by atoms with Crippen LogP contribution in [0.15, 0.2) is 83.8 Å². The van der Waals surface area contributed by atoms with E-state index in [9.17, 15) is 18.0 Å². The zero-order valence-electron chi connectivity index (χ0n) is 15.5. The Morgan fingerprint density at radius 2 is 1.45 bits per heavy atom. The molecule has 0 saturated heterocycles. The van der Waals surface area contributed by atoms with E-state index in [4.69, 9.17) is 0 Å². The predicted octanol–water partition coefficient (Wildman–Crippen LogP) is 3.53. The third-order valence-electron chi connectivity index (χ3n) is 3.99. The number of esters is 1. The average molecular weight is 410 g/mol. The summed E-state index contributed by atoms with van der Waals surface area (Å²) in [5, 5.41) is 2.66. The number of methoxy groups -OCH3 is 1. The lowest BCUT2D eigenvalue weighted by atomic mass is 10.1. The number of nitrogens with one attached hydrogen (secondary N) is 2. The van der Waals surface area contributed by atoms with Gasteiger partial charge in [-0.25, -0.2) is 13.2 Å². The molecule has 0 aliphatic rings. The fourth-order valence-electron chi connectivity index (χ4n) is 2.55. The first-order valence-corrected chi connectivity index (χ1v) is 10.0. The van der Waals surface area contributed by atoms with E-state index in [1.807, 2.05) is 0 Å². The average Bonchev–Trinajstić information content (AvgIpc) is 2.74. The molecule has 3 aromatic carbocycles. The van der Waals surface area contributed by atoms with Crippen LogP contribution in [0.3, 0.4) is 0 Å². The molecule has 8 heteroatoms. The Hall–Kier alpha value is -3.65. The molecule has 3 aromatic rings. The molecule has 0 saturated carbocycles. The normalized spacial score (nSPS) is 10.8. The molecule has 29 heavy (non-hydrogen) atoms. The fraction of sp³-hybridized carbons (Fsp3) is 0.0476. The van der Waals surface area contributed by atoms with Gasteiger partial charge in [-0.1, -0.05) is 24.3 Å². The number of sulfonamides is 1. The largest absolute Gasteiger partial charge is 0.465 e. The van der Waals surface area contributed by atoms with E-state index < -0.39 is 21.9 Å². The number of amides is 1. The third kappa shape index (κ3) is 4.99. The molecule has 0 radical (unpaired) electrons. The number of carbonyl (C=O) groups is 2. The molecule has 0 spiro atoms. The van der Waals surface area contributed by atoms with Gasteiger partial charge in [-0.3, -0.25) is 9.52 Å². The van der Waals surface area contributed by atoms with Gasteiger partial charge in [0.1, 0.15) is 0 Å². The standard InChI is InChI=1S/C21H18N2O5S/c1-28-21(25)16-7-5-6-15(14-16)20(24)22-17-10-12-19(13-11-17)29(26,27)23-18-8-3-2-4-9-18/h2-14,23H,1H3,(H,22,24). The van der Waals surface area contributed by atoms with Gasteiger partial charge < -0.3 is 10.1 Å². The van der Waals surface area contributed by atoms with Gasteiger partial charge in [-0.15, -0.1) is 0 Å². The van der Waals surface area contributed by atoms with E-state index in [0.29, 0.717) is 11.4 Å². The van der Waals surface area contributed by atoms with E-state index in [0.717, 1.165) is 0 Å². The number of ether oxygens (including phenoxy) is 1. The number of anilines is 2. The van der Waals surface area contributed by atoms with Crippen molar-refractivity contribution in [2.75, 3.05) is 17.1 Å². The maximum Gasteiger partial charge on any atom is 0.337 e.